The van der Waals surface area contributed by atoms with Crippen LogP contribution in [-0.2, 0) is 17.4 Å². The molecule has 296 valence electrons. The van der Waals surface area contributed by atoms with Crippen LogP contribution in [0.15, 0.2) is 71.7 Å². The van der Waals surface area contributed by atoms with Gasteiger partial charge in [0.15, 0.2) is 5.96 Å². The molecule has 2 saturated carbocycles. The number of carbonyl (C=O) groups excluding carboxylic acids is 1. The monoisotopic (exact) mass is 754 g/mol. The van der Waals surface area contributed by atoms with E-state index in [0.29, 0.717) is 18.5 Å². The lowest BCUT2D eigenvalue weighted by atomic mass is 9.95. The van der Waals surface area contributed by atoms with Gasteiger partial charge in [0.25, 0.3) is 0 Å². The van der Waals surface area contributed by atoms with E-state index in [4.69, 9.17) is 4.99 Å². The maximum absolute atomic E-state index is 14.4. The molecule has 0 bridgehead atoms. The van der Waals surface area contributed by atoms with Crippen molar-refractivity contribution in [2.24, 2.45) is 4.99 Å². The van der Waals surface area contributed by atoms with Crippen LogP contribution in [-0.4, -0.2) is 48.5 Å². The molecule has 54 heavy (non-hydrogen) atoms. The highest BCUT2D eigenvalue weighted by Gasteiger charge is 2.36. The highest BCUT2D eigenvalue weighted by molar-refractivity contribution is 7.75. The van der Waals surface area contributed by atoms with E-state index in [9.17, 15) is 4.79 Å². The molecule has 1 atom stereocenters. The summed E-state index contributed by atoms with van der Waals surface area (Å²) in [7, 11) is -1.09. The fourth-order valence-corrected chi connectivity index (χ4v) is 13.7. The third-order valence-electron chi connectivity index (χ3n) is 12.2. The number of amides is 1. The molecule has 5 nitrogen and oxygen atoms in total. The van der Waals surface area contributed by atoms with Crippen LogP contribution < -0.4 is 16.0 Å². The van der Waals surface area contributed by atoms with Crippen LogP contribution in [0.4, 0.5) is 5.69 Å². The number of rotatable bonds is 21. The number of fused-ring (bicyclic) bond motifs is 1. The summed E-state index contributed by atoms with van der Waals surface area (Å²) in [4.78, 5) is 19.7. The number of guanidine groups is 1. The van der Waals surface area contributed by atoms with Gasteiger partial charge in [-0.25, -0.2) is 4.99 Å². The Morgan fingerprint density at radius 2 is 1.26 bits per heavy atom. The van der Waals surface area contributed by atoms with E-state index < -0.39 is 13.3 Å². The second-order valence-electron chi connectivity index (χ2n) is 16.8. The Morgan fingerprint density at radius 1 is 0.685 bits per heavy atom. The van der Waals surface area contributed by atoms with Crippen LogP contribution in [0.3, 0.4) is 0 Å². The van der Waals surface area contributed by atoms with E-state index in [-0.39, 0.29) is 5.91 Å². The van der Waals surface area contributed by atoms with Crippen molar-refractivity contribution in [2.75, 3.05) is 23.8 Å². The van der Waals surface area contributed by atoms with Gasteiger partial charge in [-0.05, 0) is 79.0 Å². The zero-order chi connectivity index (χ0) is 37.9. The van der Waals surface area contributed by atoms with Crippen LogP contribution in [0.1, 0.15) is 154 Å². The lowest BCUT2D eigenvalue weighted by Gasteiger charge is -2.29. The van der Waals surface area contributed by atoms with Crippen molar-refractivity contribution in [2.45, 2.75) is 173 Å². The summed E-state index contributed by atoms with van der Waals surface area (Å²) >= 11 is 0. The van der Waals surface area contributed by atoms with E-state index in [1.807, 2.05) is 0 Å². The zero-order valence-corrected chi connectivity index (χ0v) is 35.3. The van der Waals surface area contributed by atoms with Crippen LogP contribution in [0.5, 0.6) is 0 Å². The molecule has 2 aliphatic rings. The molecule has 0 radical (unpaired) electrons. The number of aliphatic imine (C=N–C) groups is 1. The molecule has 1 amide bonds. The van der Waals surface area contributed by atoms with Gasteiger partial charge in [0.05, 0.1) is 30.7 Å². The summed E-state index contributed by atoms with van der Waals surface area (Å²) in [6, 6.07) is 24.3. The van der Waals surface area contributed by atoms with E-state index in [2.05, 4.69) is 103 Å². The first-order valence-corrected chi connectivity index (χ1v) is 24.9. The largest absolute Gasteiger partial charge is 0.354 e. The fourth-order valence-electron chi connectivity index (χ4n) is 8.90. The average Bonchev–Trinajstić information content (AvgIpc) is 3.19. The van der Waals surface area contributed by atoms with Gasteiger partial charge in [0.1, 0.15) is 6.04 Å². The van der Waals surface area contributed by atoms with Crippen molar-refractivity contribution < 1.29 is 4.79 Å². The smallest absolute Gasteiger partial charge is 0.247 e. The summed E-state index contributed by atoms with van der Waals surface area (Å²) in [6.07, 6.45) is 30.4. The molecule has 6 heteroatoms. The number of nitrogens with zero attached hydrogens (tertiary/aromatic N) is 1. The maximum atomic E-state index is 14.4. The highest BCUT2D eigenvalue weighted by atomic mass is 31.2. The Labute approximate surface area is 330 Å². The van der Waals surface area contributed by atoms with E-state index in [0.717, 1.165) is 30.1 Å². The first-order chi connectivity index (χ1) is 26.5. The number of carbonyl (C=O) groups is 1. The van der Waals surface area contributed by atoms with Crippen molar-refractivity contribution >= 4 is 35.6 Å². The molecule has 5 rings (SSSR count). The Hall–Kier alpha value is -2.91. The average molecular weight is 754 g/mol. The molecule has 0 saturated heterocycles. The predicted octanol–water partition coefficient (Wildman–Crippen LogP) is 12.7. The summed E-state index contributed by atoms with van der Waals surface area (Å²) in [6.45, 7) is 7.00. The lowest BCUT2D eigenvalue weighted by molar-refractivity contribution is -0.117. The van der Waals surface area contributed by atoms with Gasteiger partial charge in [-0.3, -0.25) is 4.79 Å². The van der Waals surface area contributed by atoms with E-state index in [1.165, 1.54) is 150 Å². The molecule has 3 aromatic rings. The first kappa shape index (κ1) is 42.2. The van der Waals surface area contributed by atoms with Gasteiger partial charge in [-0.1, -0.05) is 152 Å². The number of unbranched alkanes of at least 4 members (excludes halogenated alkanes) is 6. The molecular weight excluding hydrogens is 680 g/mol. The molecule has 0 heterocycles. The van der Waals surface area contributed by atoms with Gasteiger partial charge in [-0.15, -0.1) is 0 Å². The molecule has 0 unspecified atom stereocenters. The van der Waals surface area contributed by atoms with Gasteiger partial charge in [-0.2, -0.15) is 0 Å². The van der Waals surface area contributed by atoms with Crippen LogP contribution >= 0.6 is 7.26 Å². The topological polar surface area (TPSA) is 65.5 Å². The van der Waals surface area contributed by atoms with Crippen molar-refractivity contribution in [1.82, 2.24) is 10.6 Å². The van der Waals surface area contributed by atoms with Crippen LogP contribution in [0, 0.1) is 0 Å². The van der Waals surface area contributed by atoms with Crippen molar-refractivity contribution in [3.63, 3.8) is 0 Å². The molecule has 0 aromatic heterocycles. The molecular formula is C48H74N4OP+. The Balaban J connectivity index is 1.35. The molecule has 2 aliphatic carbocycles. The Morgan fingerprint density at radius 3 is 1.87 bits per heavy atom. The minimum absolute atomic E-state index is 0.00163. The van der Waals surface area contributed by atoms with Gasteiger partial charge in [0, 0.05) is 25.4 Å². The van der Waals surface area contributed by atoms with Crippen molar-refractivity contribution in [3.05, 3.63) is 77.9 Å². The third kappa shape index (κ3) is 14.0. The number of benzene rings is 3. The summed E-state index contributed by atoms with van der Waals surface area (Å²) in [5.74, 6) is 0.817. The number of nitrogens with one attached hydrogen (secondary N) is 3. The fraction of sp³-hybridized carbons (Fsp3) is 0.625. The maximum Gasteiger partial charge on any atom is 0.247 e. The van der Waals surface area contributed by atoms with Crippen LogP contribution in [0.2, 0.25) is 0 Å². The number of anilines is 1. The first-order valence-electron chi connectivity index (χ1n) is 22.3. The standard InChI is InChI=1S/C48H73N4OP/c1-4-7-18-33-54(34-19-8-5-2,35-20-9-6-3)38-39-28-31-45(32-29-39)49-47(53)46(37-40-27-30-41-21-16-17-22-42(41)36-40)52-48(50-43-23-12-10-13-24-43)51-44-25-14-11-15-26-44/h16-17,21-22,27-32,36,43-44,46H,4-15,18-20,23-26,33-35,37-38H2,1-3H3,(H2-,49,50,51,52,53)/p+1/t46-/m0/s1. The minimum Gasteiger partial charge on any atom is -0.354 e. The van der Waals surface area contributed by atoms with Gasteiger partial charge >= 0.3 is 0 Å². The molecule has 3 N–H and O–H groups in total. The Bertz CT molecular complexity index is 1520. The van der Waals surface area contributed by atoms with Crippen molar-refractivity contribution in [1.29, 1.82) is 0 Å². The zero-order valence-electron chi connectivity index (χ0n) is 34.4. The molecule has 0 aliphatic heterocycles. The lowest BCUT2D eigenvalue weighted by Crippen LogP contribution is -2.53. The van der Waals surface area contributed by atoms with Gasteiger partial charge in [0.2, 0.25) is 5.91 Å². The van der Waals surface area contributed by atoms with Crippen LogP contribution in [0.25, 0.3) is 10.8 Å². The predicted molar refractivity (Wildman–Crippen MR) is 238 cm³/mol. The van der Waals surface area contributed by atoms with Gasteiger partial charge < -0.3 is 16.0 Å². The second kappa shape index (κ2) is 23.2. The highest BCUT2D eigenvalue weighted by Crippen LogP contribution is 2.63. The normalized spacial score (nSPS) is 16.7. The van der Waals surface area contributed by atoms with E-state index in [1.54, 1.807) is 0 Å². The quantitative estimate of drug-likeness (QED) is 0.0439. The van der Waals surface area contributed by atoms with Crippen molar-refractivity contribution in [3.8, 4) is 0 Å². The Kier molecular flexibility index (Phi) is 18.2. The number of hydrogen-bond acceptors (Lipinski definition) is 2. The SMILES string of the molecule is CCCCC[P+](CCCCC)(CCCCC)Cc1ccc(NC(=O)[C@H](Cc2ccc3ccccc3c2)NC(=NC2CCCCC2)NC2CCCCC2)cc1. The summed E-state index contributed by atoms with van der Waals surface area (Å²) < 4.78 is 0. The third-order valence-corrected chi connectivity index (χ3v) is 17.0. The van der Waals surface area contributed by atoms with E-state index >= 15 is 0 Å². The second-order valence-corrected chi connectivity index (χ2v) is 21.2. The molecule has 0 spiro atoms. The molecule has 2 fully saturated rings. The molecule has 3 aromatic carbocycles. The summed E-state index contributed by atoms with van der Waals surface area (Å²) in [5, 5.41) is 13.3. The minimum atomic E-state index is -1.09. The summed E-state index contributed by atoms with van der Waals surface area (Å²) in [5.41, 5.74) is 3.49. The number of hydrogen-bond donors (Lipinski definition) is 3.